The van der Waals surface area contributed by atoms with Gasteiger partial charge in [0.1, 0.15) is 11.4 Å². The topological polar surface area (TPSA) is 61.8 Å². The van der Waals surface area contributed by atoms with Gasteiger partial charge in [-0.15, -0.1) is 0 Å². The van der Waals surface area contributed by atoms with Gasteiger partial charge < -0.3 is 10.2 Å². The van der Waals surface area contributed by atoms with Crippen LogP contribution in [-0.2, 0) is 10.2 Å². The van der Waals surface area contributed by atoms with Gasteiger partial charge in [0.25, 0.3) is 11.8 Å². The molecule has 0 aliphatic carbocycles. The Kier molecular flexibility index (Phi) is 5.18. The summed E-state index contributed by atoms with van der Waals surface area (Å²) in [7, 11) is 0. The molecule has 2 aromatic rings. The summed E-state index contributed by atoms with van der Waals surface area (Å²) in [5.74, 6) is -0.147. The van der Waals surface area contributed by atoms with Gasteiger partial charge in [0.2, 0.25) is 0 Å². The minimum Gasteiger partial charge on any atom is -0.338 e. The van der Waals surface area contributed by atoms with Gasteiger partial charge in [0, 0.05) is 42.1 Å². The second-order valence-electron chi connectivity index (χ2n) is 9.07. The number of carbonyl (C=O) groups is 2. The van der Waals surface area contributed by atoms with E-state index in [9.17, 15) is 9.59 Å². The van der Waals surface area contributed by atoms with E-state index in [-0.39, 0.29) is 17.2 Å². The molecule has 2 heterocycles. The van der Waals surface area contributed by atoms with E-state index in [1.807, 2.05) is 29.2 Å². The summed E-state index contributed by atoms with van der Waals surface area (Å²) < 4.78 is 0. The highest BCUT2D eigenvalue weighted by Crippen LogP contribution is 2.30. The summed E-state index contributed by atoms with van der Waals surface area (Å²) in [5, 5.41) is 3.66. The lowest BCUT2D eigenvalue weighted by atomic mass is 9.86. The number of nitrogens with one attached hydrogen (secondary N) is 1. The average Bonchev–Trinajstić information content (AvgIpc) is 3.04. The standard InChI is InChI=1S/C24H26ClN3O2/c1-23(2,3)18-8-4-17(5-9-18)22(30)28-14-12-24(13-15-28)26-20(21(29)27-24)16-6-10-19(25)11-7-16/h4-11H,12-15H2,1-3H3,(H,27,29). The van der Waals surface area contributed by atoms with E-state index in [1.165, 1.54) is 5.56 Å². The molecule has 5 nitrogen and oxygen atoms in total. The largest absolute Gasteiger partial charge is 0.338 e. The van der Waals surface area contributed by atoms with Crippen molar-refractivity contribution in [3.63, 3.8) is 0 Å². The maximum atomic E-state index is 12.9. The fourth-order valence-corrected chi connectivity index (χ4v) is 4.10. The maximum Gasteiger partial charge on any atom is 0.272 e. The Hall–Kier alpha value is -2.66. The second kappa shape index (κ2) is 7.55. The van der Waals surface area contributed by atoms with Gasteiger partial charge in [-0.1, -0.05) is 56.6 Å². The Morgan fingerprint density at radius 2 is 1.63 bits per heavy atom. The molecule has 0 radical (unpaired) electrons. The summed E-state index contributed by atoms with van der Waals surface area (Å²) in [6.45, 7) is 7.57. The highest BCUT2D eigenvalue weighted by molar-refractivity contribution is 6.47. The van der Waals surface area contributed by atoms with Crippen molar-refractivity contribution in [3.05, 3.63) is 70.2 Å². The quantitative estimate of drug-likeness (QED) is 0.787. The van der Waals surface area contributed by atoms with E-state index in [2.05, 4.69) is 26.1 Å². The van der Waals surface area contributed by atoms with Crippen LogP contribution in [0.3, 0.4) is 0 Å². The molecule has 2 aliphatic heterocycles. The van der Waals surface area contributed by atoms with Gasteiger partial charge in [0.15, 0.2) is 0 Å². The van der Waals surface area contributed by atoms with Crippen LogP contribution >= 0.6 is 11.6 Å². The SMILES string of the molecule is CC(C)(C)c1ccc(C(=O)N2CCC3(CC2)N=C(c2ccc(Cl)cc2)C(=O)N3)cc1. The molecule has 0 bridgehead atoms. The monoisotopic (exact) mass is 423 g/mol. The fraction of sp³-hybridized carbons (Fsp3) is 0.375. The number of amides is 2. The molecule has 4 rings (SSSR count). The van der Waals surface area contributed by atoms with Crippen LogP contribution in [0.4, 0.5) is 0 Å². The smallest absolute Gasteiger partial charge is 0.272 e. The third kappa shape index (κ3) is 3.99. The van der Waals surface area contributed by atoms with E-state index >= 15 is 0 Å². The molecule has 156 valence electrons. The summed E-state index contributed by atoms with van der Waals surface area (Å²) in [5.41, 5.74) is 2.52. The molecule has 2 amide bonds. The van der Waals surface area contributed by atoms with Gasteiger partial charge in [-0.25, -0.2) is 0 Å². The molecule has 1 saturated heterocycles. The van der Waals surface area contributed by atoms with Crippen LogP contribution in [0.5, 0.6) is 0 Å². The van der Waals surface area contributed by atoms with E-state index in [0.717, 1.165) is 5.56 Å². The number of hydrogen-bond donors (Lipinski definition) is 1. The molecule has 2 aromatic carbocycles. The Balaban J connectivity index is 1.45. The van der Waals surface area contributed by atoms with E-state index in [4.69, 9.17) is 16.6 Å². The molecule has 1 fully saturated rings. The summed E-state index contributed by atoms with van der Waals surface area (Å²) >= 11 is 5.95. The number of halogens is 1. The zero-order chi connectivity index (χ0) is 21.5. The first-order valence-electron chi connectivity index (χ1n) is 10.3. The number of aliphatic imine (C=N–C) groups is 1. The fourth-order valence-electron chi connectivity index (χ4n) is 3.98. The lowest BCUT2D eigenvalue weighted by Gasteiger charge is -2.37. The normalized spacial score (nSPS) is 18.3. The number of likely N-dealkylation sites (tertiary alicyclic amines) is 1. The number of nitrogens with zero attached hydrogens (tertiary/aromatic N) is 2. The van der Waals surface area contributed by atoms with Crippen LogP contribution in [0, 0.1) is 0 Å². The van der Waals surface area contributed by atoms with Crippen molar-refractivity contribution in [2.24, 2.45) is 4.99 Å². The van der Waals surface area contributed by atoms with Crippen molar-refractivity contribution in [1.29, 1.82) is 0 Å². The first-order chi connectivity index (χ1) is 14.2. The molecule has 1 spiro atoms. The van der Waals surface area contributed by atoms with Gasteiger partial charge in [0.05, 0.1) is 0 Å². The summed E-state index contributed by atoms with van der Waals surface area (Å²) in [6.07, 6.45) is 1.20. The van der Waals surface area contributed by atoms with Crippen LogP contribution in [0.15, 0.2) is 53.5 Å². The predicted octanol–water partition coefficient (Wildman–Crippen LogP) is 4.19. The lowest BCUT2D eigenvalue weighted by Crippen LogP contribution is -2.52. The number of rotatable bonds is 2. The summed E-state index contributed by atoms with van der Waals surface area (Å²) in [4.78, 5) is 32.1. The first kappa shape index (κ1) is 20.6. The average molecular weight is 424 g/mol. The molecular formula is C24H26ClN3O2. The number of carbonyl (C=O) groups excluding carboxylic acids is 2. The molecule has 0 aromatic heterocycles. The van der Waals surface area contributed by atoms with Crippen molar-refractivity contribution < 1.29 is 9.59 Å². The molecule has 0 saturated carbocycles. The molecular weight excluding hydrogens is 398 g/mol. The van der Waals surface area contributed by atoms with Crippen LogP contribution in [0.2, 0.25) is 5.02 Å². The molecule has 6 heteroatoms. The maximum absolute atomic E-state index is 12.9. The van der Waals surface area contributed by atoms with E-state index in [0.29, 0.717) is 42.2 Å². The number of hydrogen-bond acceptors (Lipinski definition) is 3. The Morgan fingerprint density at radius 3 is 2.20 bits per heavy atom. The lowest BCUT2D eigenvalue weighted by molar-refractivity contribution is -0.115. The Labute approximate surface area is 182 Å². The van der Waals surface area contributed by atoms with E-state index < -0.39 is 5.66 Å². The molecule has 1 N–H and O–H groups in total. The van der Waals surface area contributed by atoms with Crippen LogP contribution in [0.1, 0.15) is 55.1 Å². The Morgan fingerprint density at radius 1 is 1.03 bits per heavy atom. The van der Waals surface area contributed by atoms with Crippen LogP contribution in [-0.4, -0.2) is 41.2 Å². The van der Waals surface area contributed by atoms with Crippen molar-refractivity contribution in [1.82, 2.24) is 10.2 Å². The first-order valence-corrected chi connectivity index (χ1v) is 10.6. The third-order valence-corrected chi connectivity index (χ3v) is 6.13. The minimum atomic E-state index is -0.626. The predicted molar refractivity (Wildman–Crippen MR) is 119 cm³/mol. The van der Waals surface area contributed by atoms with Crippen molar-refractivity contribution in [2.75, 3.05) is 13.1 Å². The highest BCUT2D eigenvalue weighted by atomic mass is 35.5. The zero-order valence-electron chi connectivity index (χ0n) is 17.5. The van der Waals surface area contributed by atoms with Crippen LogP contribution in [0.25, 0.3) is 0 Å². The molecule has 0 atom stereocenters. The minimum absolute atomic E-state index is 0.0246. The summed E-state index contributed by atoms with van der Waals surface area (Å²) in [6, 6.07) is 15.0. The highest BCUT2D eigenvalue weighted by Gasteiger charge is 2.42. The zero-order valence-corrected chi connectivity index (χ0v) is 18.3. The Bertz CT molecular complexity index is 996. The number of piperidine rings is 1. The van der Waals surface area contributed by atoms with Crippen LogP contribution < -0.4 is 5.32 Å². The molecule has 0 unspecified atom stereocenters. The van der Waals surface area contributed by atoms with Gasteiger partial charge in [-0.3, -0.25) is 14.6 Å². The van der Waals surface area contributed by atoms with Gasteiger partial charge in [-0.05, 0) is 35.2 Å². The van der Waals surface area contributed by atoms with Crippen molar-refractivity contribution in [3.8, 4) is 0 Å². The van der Waals surface area contributed by atoms with Gasteiger partial charge in [-0.2, -0.15) is 0 Å². The van der Waals surface area contributed by atoms with Crippen molar-refractivity contribution in [2.45, 2.75) is 44.7 Å². The van der Waals surface area contributed by atoms with Gasteiger partial charge >= 0.3 is 0 Å². The van der Waals surface area contributed by atoms with Crippen molar-refractivity contribution >= 4 is 29.1 Å². The third-order valence-electron chi connectivity index (χ3n) is 5.88. The molecule has 2 aliphatic rings. The van der Waals surface area contributed by atoms with E-state index in [1.54, 1.807) is 24.3 Å². The second-order valence-corrected chi connectivity index (χ2v) is 9.51. The molecule has 30 heavy (non-hydrogen) atoms. The number of benzene rings is 2.